The lowest BCUT2D eigenvalue weighted by molar-refractivity contribution is 1.14. The van der Waals surface area contributed by atoms with E-state index in [0.717, 1.165) is 22.3 Å². The number of rotatable bonds is 3. The molecule has 3 rings (SSSR count). The van der Waals surface area contributed by atoms with Gasteiger partial charge in [-0.25, -0.2) is 0 Å². The second-order valence-corrected chi connectivity index (χ2v) is 6.06. The number of aryl methyl sites for hydroxylation is 1. The van der Waals surface area contributed by atoms with Crippen LogP contribution in [0, 0.1) is 18.3 Å². The number of nitrogens with one attached hydrogen (secondary N) is 1. The van der Waals surface area contributed by atoms with Crippen LogP contribution in [0.2, 0.25) is 10.0 Å². The van der Waals surface area contributed by atoms with E-state index in [2.05, 4.69) is 16.4 Å². The van der Waals surface area contributed by atoms with Gasteiger partial charge in [-0.1, -0.05) is 41.4 Å². The first-order valence-corrected chi connectivity index (χ1v) is 7.82. The van der Waals surface area contributed by atoms with E-state index < -0.39 is 0 Å². The lowest BCUT2D eigenvalue weighted by Gasteiger charge is -2.12. The van der Waals surface area contributed by atoms with Gasteiger partial charge in [0.2, 0.25) is 0 Å². The Labute approximate surface area is 144 Å². The van der Waals surface area contributed by atoms with Crippen LogP contribution in [-0.2, 0) is 6.54 Å². The fourth-order valence-corrected chi connectivity index (χ4v) is 2.94. The number of halogens is 2. The number of nitrogens with zero attached hydrogens (tertiary/aromatic N) is 2. The highest BCUT2D eigenvalue weighted by atomic mass is 35.5. The molecule has 1 aromatic heterocycles. The molecule has 1 N–H and O–H groups in total. The van der Waals surface area contributed by atoms with E-state index in [-0.39, 0.29) is 0 Å². The standard InChI is InChI=1S/C18H13Cl2N3/c1-11-7-17(15-4-2-3-12(9-21)18(15)23-11)22-10-13-5-6-14(19)8-16(13)20/h2-8H,10H2,1H3,(H,22,23). The average Bonchev–Trinajstić information content (AvgIpc) is 2.53. The molecule has 0 atom stereocenters. The molecule has 23 heavy (non-hydrogen) atoms. The number of pyridine rings is 1. The molecule has 3 nitrogen and oxygen atoms in total. The number of benzene rings is 2. The zero-order valence-electron chi connectivity index (χ0n) is 12.4. The predicted molar refractivity (Wildman–Crippen MR) is 95.0 cm³/mol. The van der Waals surface area contributed by atoms with Gasteiger partial charge < -0.3 is 5.32 Å². The van der Waals surface area contributed by atoms with Gasteiger partial charge in [0.15, 0.2) is 0 Å². The molecule has 0 unspecified atom stereocenters. The third kappa shape index (κ3) is 3.24. The molecule has 0 saturated carbocycles. The summed E-state index contributed by atoms with van der Waals surface area (Å²) in [6, 6.07) is 15.2. The summed E-state index contributed by atoms with van der Waals surface area (Å²) in [7, 11) is 0. The van der Waals surface area contributed by atoms with Crippen LogP contribution in [0.25, 0.3) is 10.9 Å². The molecule has 0 aliphatic heterocycles. The number of aromatic nitrogens is 1. The van der Waals surface area contributed by atoms with E-state index in [1.54, 1.807) is 12.1 Å². The van der Waals surface area contributed by atoms with Crippen molar-refractivity contribution in [3.05, 3.63) is 69.3 Å². The van der Waals surface area contributed by atoms with Crippen LogP contribution in [0.15, 0.2) is 42.5 Å². The molecule has 0 amide bonds. The summed E-state index contributed by atoms with van der Waals surface area (Å²) in [6.45, 7) is 2.47. The highest BCUT2D eigenvalue weighted by Crippen LogP contribution is 2.27. The second-order valence-electron chi connectivity index (χ2n) is 5.21. The summed E-state index contributed by atoms with van der Waals surface area (Å²) >= 11 is 12.1. The maximum absolute atomic E-state index is 9.25. The summed E-state index contributed by atoms with van der Waals surface area (Å²) in [6.07, 6.45) is 0. The van der Waals surface area contributed by atoms with Crippen LogP contribution >= 0.6 is 23.2 Å². The van der Waals surface area contributed by atoms with Crippen molar-refractivity contribution in [2.45, 2.75) is 13.5 Å². The predicted octanol–water partition coefficient (Wildman–Crippen LogP) is 5.33. The SMILES string of the molecule is Cc1cc(NCc2ccc(Cl)cc2Cl)c2cccc(C#N)c2n1. The van der Waals surface area contributed by atoms with E-state index in [1.807, 2.05) is 37.3 Å². The highest BCUT2D eigenvalue weighted by molar-refractivity contribution is 6.35. The van der Waals surface area contributed by atoms with Gasteiger partial charge in [0.25, 0.3) is 0 Å². The Morgan fingerprint density at radius 1 is 1.17 bits per heavy atom. The van der Waals surface area contributed by atoms with Gasteiger partial charge in [-0.05, 0) is 36.8 Å². The van der Waals surface area contributed by atoms with E-state index in [9.17, 15) is 5.26 Å². The molecule has 0 radical (unpaired) electrons. The normalized spacial score (nSPS) is 10.5. The summed E-state index contributed by atoms with van der Waals surface area (Å²) in [5, 5.41) is 14.8. The van der Waals surface area contributed by atoms with Crippen molar-refractivity contribution in [3.63, 3.8) is 0 Å². The van der Waals surface area contributed by atoms with Crippen LogP contribution < -0.4 is 5.32 Å². The number of hydrogen-bond acceptors (Lipinski definition) is 3. The first-order chi connectivity index (χ1) is 11.1. The Kier molecular flexibility index (Phi) is 4.38. The molecular formula is C18H13Cl2N3. The minimum absolute atomic E-state index is 0.561. The topological polar surface area (TPSA) is 48.7 Å². The molecule has 0 spiro atoms. The maximum Gasteiger partial charge on any atom is 0.101 e. The van der Waals surface area contributed by atoms with Crippen molar-refractivity contribution in [2.75, 3.05) is 5.32 Å². The van der Waals surface area contributed by atoms with Crippen LogP contribution in [0.5, 0.6) is 0 Å². The number of nitriles is 1. The van der Waals surface area contributed by atoms with Gasteiger partial charge in [0, 0.05) is 33.4 Å². The zero-order chi connectivity index (χ0) is 16.4. The molecule has 5 heteroatoms. The van der Waals surface area contributed by atoms with Crippen molar-refractivity contribution in [1.82, 2.24) is 4.98 Å². The number of anilines is 1. The van der Waals surface area contributed by atoms with Crippen molar-refractivity contribution in [1.29, 1.82) is 5.26 Å². The number of hydrogen-bond donors (Lipinski definition) is 1. The van der Waals surface area contributed by atoms with Gasteiger partial charge in [0.05, 0.1) is 11.1 Å². The first-order valence-electron chi connectivity index (χ1n) is 7.07. The average molecular weight is 342 g/mol. The highest BCUT2D eigenvalue weighted by Gasteiger charge is 2.08. The van der Waals surface area contributed by atoms with Gasteiger partial charge in [-0.3, -0.25) is 4.98 Å². The Balaban J connectivity index is 1.98. The van der Waals surface area contributed by atoms with Crippen molar-refractivity contribution in [2.24, 2.45) is 0 Å². The number of para-hydroxylation sites is 1. The molecule has 0 aliphatic carbocycles. The number of fused-ring (bicyclic) bond motifs is 1. The largest absolute Gasteiger partial charge is 0.380 e. The molecule has 3 aromatic rings. The molecule has 114 valence electrons. The van der Waals surface area contributed by atoms with Crippen molar-refractivity contribution in [3.8, 4) is 6.07 Å². The second kappa shape index (κ2) is 6.45. The Hall–Kier alpha value is -2.28. The Bertz CT molecular complexity index is 929. The zero-order valence-corrected chi connectivity index (χ0v) is 13.9. The van der Waals surface area contributed by atoms with Gasteiger partial charge >= 0.3 is 0 Å². The van der Waals surface area contributed by atoms with Crippen LogP contribution in [0.1, 0.15) is 16.8 Å². The van der Waals surface area contributed by atoms with Gasteiger partial charge in [0.1, 0.15) is 6.07 Å². The van der Waals surface area contributed by atoms with Crippen LogP contribution in [0.3, 0.4) is 0 Å². The summed E-state index contributed by atoms with van der Waals surface area (Å²) in [4.78, 5) is 4.49. The first kappa shape index (κ1) is 15.6. The molecule has 1 heterocycles. The molecule has 0 fully saturated rings. The van der Waals surface area contributed by atoms with Gasteiger partial charge in [-0.15, -0.1) is 0 Å². The molecule has 0 aliphatic rings. The van der Waals surface area contributed by atoms with Crippen molar-refractivity contribution >= 4 is 39.8 Å². The molecule has 2 aromatic carbocycles. The Morgan fingerprint density at radius 2 is 2.00 bits per heavy atom. The Morgan fingerprint density at radius 3 is 2.74 bits per heavy atom. The third-order valence-electron chi connectivity index (χ3n) is 3.57. The van der Waals surface area contributed by atoms with E-state index >= 15 is 0 Å². The monoisotopic (exact) mass is 341 g/mol. The minimum atomic E-state index is 0.561. The van der Waals surface area contributed by atoms with E-state index in [4.69, 9.17) is 23.2 Å². The van der Waals surface area contributed by atoms with Crippen LogP contribution in [-0.4, -0.2) is 4.98 Å². The molecular weight excluding hydrogens is 329 g/mol. The van der Waals surface area contributed by atoms with Crippen molar-refractivity contribution < 1.29 is 0 Å². The fraction of sp³-hybridized carbons (Fsp3) is 0.111. The van der Waals surface area contributed by atoms with Gasteiger partial charge in [-0.2, -0.15) is 5.26 Å². The van der Waals surface area contributed by atoms with E-state index in [1.165, 1.54) is 0 Å². The van der Waals surface area contributed by atoms with Crippen LogP contribution in [0.4, 0.5) is 5.69 Å². The summed E-state index contributed by atoms with van der Waals surface area (Å²) in [5.74, 6) is 0. The summed E-state index contributed by atoms with van der Waals surface area (Å²) < 4.78 is 0. The quantitative estimate of drug-likeness (QED) is 0.699. The minimum Gasteiger partial charge on any atom is -0.380 e. The fourth-order valence-electron chi connectivity index (χ4n) is 2.47. The maximum atomic E-state index is 9.25. The van der Waals surface area contributed by atoms with E-state index in [0.29, 0.717) is 27.7 Å². The lowest BCUT2D eigenvalue weighted by atomic mass is 10.1. The molecule has 0 saturated heterocycles. The lowest BCUT2D eigenvalue weighted by Crippen LogP contribution is -2.02. The molecule has 0 bridgehead atoms. The smallest absolute Gasteiger partial charge is 0.101 e. The summed E-state index contributed by atoms with van der Waals surface area (Å²) in [5.41, 5.74) is 4.01. The third-order valence-corrected chi connectivity index (χ3v) is 4.16.